The first kappa shape index (κ1) is 19.8. The first-order chi connectivity index (χ1) is 12.5. The van der Waals surface area contributed by atoms with Crippen molar-refractivity contribution in [2.75, 3.05) is 25.1 Å². The van der Waals surface area contributed by atoms with Crippen LogP contribution < -0.4 is 10.6 Å². The Morgan fingerprint density at radius 3 is 2.58 bits per heavy atom. The van der Waals surface area contributed by atoms with Gasteiger partial charge in [0, 0.05) is 40.9 Å². The fourth-order valence-corrected chi connectivity index (χ4v) is 4.01. The molecular formula is C18H18BrCl2N3OS. The molecule has 1 fully saturated rings. The van der Waals surface area contributed by atoms with Gasteiger partial charge in [-0.1, -0.05) is 35.3 Å². The topological polar surface area (TPSA) is 46.2 Å². The average Bonchev–Trinajstić information content (AvgIpc) is 2.64. The summed E-state index contributed by atoms with van der Waals surface area (Å²) < 4.78 is 6.38. The SMILES string of the molecule is S=C(NCC1(c2ccc(Cl)cc2)CCOCC1)Nc1ncc(Br)cc1Cl. The third kappa shape index (κ3) is 4.87. The number of thiocarbonyl (C=S) groups is 1. The van der Waals surface area contributed by atoms with E-state index in [-0.39, 0.29) is 5.41 Å². The highest BCUT2D eigenvalue weighted by molar-refractivity contribution is 9.10. The molecule has 26 heavy (non-hydrogen) atoms. The fourth-order valence-electron chi connectivity index (χ4n) is 3.04. The number of ether oxygens (including phenoxy) is 1. The van der Waals surface area contributed by atoms with Gasteiger partial charge in [-0.15, -0.1) is 0 Å². The van der Waals surface area contributed by atoms with Crippen LogP contribution in [-0.4, -0.2) is 29.9 Å². The van der Waals surface area contributed by atoms with E-state index < -0.39 is 0 Å². The summed E-state index contributed by atoms with van der Waals surface area (Å²) in [4.78, 5) is 4.25. The standard InChI is InChI=1S/C18H18BrCl2N3OS/c19-13-9-15(21)16(22-10-13)24-17(26)23-11-18(5-7-25-8-6-18)12-1-3-14(20)4-2-12/h1-4,9-10H,5-8,11H2,(H2,22,23,24,26). The Balaban J connectivity index is 1.69. The molecule has 0 amide bonds. The number of hydrogen-bond acceptors (Lipinski definition) is 3. The molecule has 0 aliphatic carbocycles. The maximum Gasteiger partial charge on any atom is 0.172 e. The van der Waals surface area contributed by atoms with E-state index in [4.69, 9.17) is 40.2 Å². The predicted molar refractivity (Wildman–Crippen MR) is 114 cm³/mol. The number of hydrogen-bond donors (Lipinski definition) is 2. The zero-order chi connectivity index (χ0) is 18.6. The molecule has 8 heteroatoms. The third-order valence-electron chi connectivity index (χ3n) is 4.53. The molecule has 0 saturated carbocycles. The Labute approximate surface area is 176 Å². The van der Waals surface area contributed by atoms with Gasteiger partial charge in [0.1, 0.15) is 0 Å². The molecular weight excluding hydrogens is 457 g/mol. The van der Waals surface area contributed by atoms with Crippen LogP contribution in [0, 0.1) is 0 Å². The van der Waals surface area contributed by atoms with Crippen LogP contribution in [0.1, 0.15) is 18.4 Å². The van der Waals surface area contributed by atoms with Crippen LogP contribution in [0.2, 0.25) is 10.0 Å². The van der Waals surface area contributed by atoms with Crippen molar-refractivity contribution >= 4 is 62.3 Å². The number of pyridine rings is 1. The van der Waals surface area contributed by atoms with Crippen LogP contribution in [0.5, 0.6) is 0 Å². The van der Waals surface area contributed by atoms with Crippen molar-refractivity contribution < 1.29 is 4.74 Å². The Hall–Kier alpha value is -0.920. The van der Waals surface area contributed by atoms with Crippen LogP contribution in [0.15, 0.2) is 41.0 Å². The number of nitrogens with zero attached hydrogens (tertiary/aromatic N) is 1. The lowest BCUT2D eigenvalue weighted by molar-refractivity contribution is 0.0515. The van der Waals surface area contributed by atoms with Crippen molar-refractivity contribution in [3.05, 3.63) is 56.6 Å². The molecule has 0 atom stereocenters. The summed E-state index contributed by atoms with van der Waals surface area (Å²) in [5.74, 6) is 0.528. The van der Waals surface area contributed by atoms with Crippen LogP contribution in [-0.2, 0) is 10.2 Å². The summed E-state index contributed by atoms with van der Waals surface area (Å²) in [7, 11) is 0. The largest absolute Gasteiger partial charge is 0.381 e. The van der Waals surface area contributed by atoms with E-state index >= 15 is 0 Å². The molecule has 1 aromatic carbocycles. The fraction of sp³-hybridized carbons (Fsp3) is 0.333. The highest BCUT2D eigenvalue weighted by atomic mass is 79.9. The molecule has 0 spiro atoms. The van der Waals surface area contributed by atoms with Crippen molar-refractivity contribution in [2.45, 2.75) is 18.3 Å². The van der Waals surface area contributed by atoms with Crippen molar-refractivity contribution in [1.29, 1.82) is 0 Å². The van der Waals surface area contributed by atoms with Crippen LogP contribution in [0.4, 0.5) is 5.82 Å². The van der Waals surface area contributed by atoms with E-state index in [9.17, 15) is 0 Å². The average molecular weight is 475 g/mol. The monoisotopic (exact) mass is 473 g/mol. The maximum absolute atomic E-state index is 6.19. The summed E-state index contributed by atoms with van der Waals surface area (Å²) in [6.45, 7) is 2.15. The first-order valence-electron chi connectivity index (χ1n) is 8.18. The summed E-state index contributed by atoms with van der Waals surface area (Å²) in [6.07, 6.45) is 3.51. The Kier molecular flexibility index (Phi) is 6.75. The lowest BCUT2D eigenvalue weighted by Crippen LogP contribution is -2.45. The molecule has 1 aromatic heterocycles. The molecule has 0 bridgehead atoms. The molecule has 0 unspecified atom stereocenters. The van der Waals surface area contributed by atoms with Crippen molar-refractivity contribution in [1.82, 2.24) is 10.3 Å². The number of aromatic nitrogens is 1. The minimum absolute atomic E-state index is 0.0501. The van der Waals surface area contributed by atoms with Gasteiger partial charge in [0.15, 0.2) is 10.9 Å². The Bertz CT molecular complexity index is 783. The Morgan fingerprint density at radius 2 is 1.92 bits per heavy atom. The molecule has 1 saturated heterocycles. The van der Waals surface area contributed by atoms with Crippen LogP contribution in [0.25, 0.3) is 0 Å². The lowest BCUT2D eigenvalue weighted by atomic mass is 9.74. The van der Waals surface area contributed by atoms with Crippen LogP contribution >= 0.6 is 51.3 Å². The second kappa shape index (κ2) is 8.85. The smallest absolute Gasteiger partial charge is 0.172 e. The van der Waals surface area contributed by atoms with Gasteiger partial charge in [-0.05, 0) is 64.8 Å². The number of halogens is 3. The van der Waals surface area contributed by atoms with E-state index in [0.717, 1.165) is 35.6 Å². The first-order valence-corrected chi connectivity index (χ1v) is 10.1. The van der Waals surface area contributed by atoms with Gasteiger partial charge < -0.3 is 15.4 Å². The van der Waals surface area contributed by atoms with E-state index in [1.54, 1.807) is 12.3 Å². The minimum Gasteiger partial charge on any atom is -0.381 e. The Morgan fingerprint density at radius 1 is 1.23 bits per heavy atom. The second-order valence-electron chi connectivity index (χ2n) is 6.19. The predicted octanol–water partition coefficient (Wildman–Crippen LogP) is 5.19. The summed E-state index contributed by atoms with van der Waals surface area (Å²) >= 11 is 21.0. The van der Waals surface area contributed by atoms with Crippen molar-refractivity contribution in [3.8, 4) is 0 Å². The minimum atomic E-state index is -0.0501. The van der Waals surface area contributed by atoms with Gasteiger partial charge in [-0.2, -0.15) is 0 Å². The molecule has 0 radical (unpaired) electrons. The van der Waals surface area contributed by atoms with Gasteiger partial charge in [-0.25, -0.2) is 4.98 Å². The molecule has 3 rings (SSSR count). The second-order valence-corrected chi connectivity index (χ2v) is 8.36. The third-order valence-corrected chi connectivity index (χ3v) is 5.75. The summed E-state index contributed by atoms with van der Waals surface area (Å²) in [6, 6.07) is 9.79. The van der Waals surface area contributed by atoms with Gasteiger partial charge >= 0.3 is 0 Å². The number of rotatable bonds is 4. The molecule has 2 heterocycles. The van der Waals surface area contributed by atoms with Crippen LogP contribution in [0.3, 0.4) is 0 Å². The summed E-state index contributed by atoms with van der Waals surface area (Å²) in [5.41, 5.74) is 1.19. The number of nitrogens with one attached hydrogen (secondary N) is 2. The van der Waals surface area contributed by atoms with E-state index in [2.05, 4.69) is 43.7 Å². The van der Waals surface area contributed by atoms with Gasteiger partial charge in [0.25, 0.3) is 0 Å². The van der Waals surface area contributed by atoms with Gasteiger partial charge in [-0.3, -0.25) is 0 Å². The zero-order valence-electron chi connectivity index (χ0n) is 13.9. The van der Waals surface area contributed by atoms with Gasteiger partial charge in [0.05, 0.1) is 5.02 Å². The highest BCUT2D eigenvalue weighted by Gasteiger charge is 2.34. The quantitative estimate of drug-likeness (QED) is 0.597. The summed E-state index contributed by atoms with van der Waals surface area (Å²) in [5, 5.41) is 8.10. The molecule has 2 aromatic rings. The molecule has 4 nitrogen and oxygen atoms in total. The normalized spacial score (nSPS) is 16.1. The molecule has 1 aliphatic rings. The van der Waals surface area contributed by atoms with E-state index in [1.165, 1.54) is 5.56 Å². The zero-order valence-corrected chi connectivity index (χ0v) is 17.8. The lowest BCUT2D eigenvalue weighted by Gasteiger charge is -2.38. The number of benzene rings is 1. The molecule has 2 N–H and O–H groups in total. The maximum atomic E-state index is 6.19. The van der Waals surface area contributed by atoms with Crippen molar-refractivity contribution in [2.24, 2.45) is 0 Å². The van der Waals surface area contributed by atoms with E-state index in [1.807, 2.05) is 12.1 Å². The van der Waals surface area contributed by atoms with Crippen molar-refractivity contribution in [3.63, 3.8) is 0 Å². The number of anilines is 1. The molecule has 1 aliphatic heterocycles. The van der Waals surface area contributed by atoms with Gasteiger partial charge in [0.2, 0.25) is 0 Å². The highest BCUT2D eigenvalue weighted by Crippen LogP contribution is 2.35. The van der Waals surface area contributed by atoms with E-state index in [0.29, 0.717) is 22.5 Å². The molecule has 138 valence electrons.